The van der Waals surface area contributed by atoms with Crippen LogP contribution in [0.5, 0.6) is 0 Å². The average Bonchev–Trinajstić information content (AvgIpc) is 3.88. The molecule has 2 aliphatic rings. The van der Waals surface area contributed by atoms with E-state index in [0.717, 1.165) is 55.3 Å². The van der Waals surface area contributed by atoms with Crippen molar-refractivity contribution in [3.05, 3.63) is 109 Å². The summed E-state index contributed by atoms with van der Waals surface area (Å²) < 4.78 is 6.46. The Morgan fingerprint density at radius 3 is 1.44 bits per heavy atom. The van der Waals surface area contributed by atoms with Crippen LogP contribution in [0.15, 0.2) is 109 Å². The van der Waals surface area contributed by atoms with E-state index in [0.29, 0.717) is 17.1 Å². The summed E-state index contributed by atoms with van der Waals surface area (Å²) in [6, 6.07) is 36.1. The maximum absolute atomic E-state index is 14.2. The van der Waals surface area contributed by atoms with Crippen molar-refractivity contribution in [3.63, 3.8) is 0 Å². The van der Waals surface area contributed by atoms with Gasteiger partial charge in [-0.15, -0.1) is 0 Å². The van der Waals surface area contributed by atoms with Crippen molar-refractivity contribution in [3.8, 4) is 11.4 Å². The molecule has 0 radical (unpaired) electrons. The predicted molar refractivity (Wildman–Crippen MR) is 224 cm³/mol. The second-order valence-electron chi connectivity index (χ2n) is 17.7. The van der Waals surface area contributed by atoms with E-state index in [9.17, 15) is 19.2 Å². The lowest BCUT2D eigenvalue weighted by atomic mass is 9.70. The lowest BCUT2D eigenvalue weighted by Crippen LogP contribution is -2.35. The second kappa shape index (κ2) is 11.1. The van der Waals surface area contributed by atoms with Crippen molar-refractivity contribution in [2.75, 3.05) is 9.80 Å². The highest BCUT2D eigenvalue weighted by Crippen LogP contribution is 2.52. The van der Waals surface area contributed by atoms with Crippen molar-refractivity contribution in [1.29, 1.82) is 0 Å². The minimum atomic E-state index is -0.998. The molecule has 0 bridgehead atoms. The van der Waals surface area contributed by atoms with Gasteiger partial charge in [-0.05, 0) is 122 Å². The van der Waals surface area contributed by atoms with Gasteiger partial charge in [-0.3, -0.25) is 28.1 Å². The summed E-state index contributed by atoms with van der Waals surface area (Å²) in [4.78, 5) is 64.3. The molecule has 2 saturated heterocycles. The van der Waals surface area contributed by atoms with Crippen LogP contribution in [0.4, 0.5) is 11.4 Å². The Balaban J connectivity index is 1.24. The van der Waals surface area contributed by atoms with E-state index >= 15 is 0 Å². The molecule has 0 saturated carbocycles. The quantitative estimate of drug-likeness (QED) is 0.167. The third-order valence-corrected chi connectivity index (χ3v) is 13.8. The molecule has 0 N–H and O–H groups in total. The van der Waals surface area contributed by atoms with Gasteiger partial charge < -0.3 is 4.57 Å². The molecule has 5 aromatic carbocycles. The monoisotopic (exact) mass is 754 g/mol. The van der Waals surface area contributed by atoms with Gasteiger partial charge in [0.05, 0.1) is 71.8 Å². The van der Waals surface area contributed by atoms with Gasteiger partial charge in [0.1, 0.15) is 0 Å². The number of para-hydroxylation sites is 5. The van der Waals surface area contributed by atoms with E-state index in [4.69, 9.17) is 4.98 Å². The SMILES string of the molecule is CC1(C)C(=O)N(c2cc(N3C(=O)C(C)(C)C(C)(C)C3=O)cc(-n3c4ccccc4c4cc(-n5c6ccccc6n6c7ccccc7nc56)ccc43)c2)C(=O)C1(C)C. The number of hydrogen-bond acceptors (Lipinski definition) is 5. The largest absolute Gasteiger partial charge is 0.309 e. The van der Waals surface area contributed by atoms with E-state index in [1.165, 1.54) is 9.80 Å². The Kier molecular flexibility index (Phi) is 6.77. The number of nitrogens with zero attached hydrogens (tertiary/aromatic N) is 6. The number of carbonyl (C=O) groups excluding carboxylic acids is 4. The molecule has 2 fully saturated rings. The van der Waals surface area contributed by atoms with Crippen molar-refractivity contribution in [2.24, 2.45) is 21.7 Å². The lowest BCUT2D eigenvalue weighted by molar-refractivity contribution is -0.129. The third kappa shape index (κ3) is 4.27. The van der Waals surface area contributed by atoms with Crippen LogP contribution in [0.3, 0.4) is 0 Å². The fourth-order valence-electron chi connectivity index (χ4n) is 8.79. The van der Waals surface area contributed by atoms with Crippen LogP contribution in [0.2, 0.25) is 0 Å². The Morgan fingerprint density at radius 2 is 0.860 bits per heavy atom. The molecule has 10 heteroatoms. The number of imidazole rings is 2. The highest BCUT2D eigenvalue weighted by molar-refractivity contribution is 6.27. The topological polar surface area (TPSA) is 102 Å². The first-order valence-corrected chi connectivity index (χ1v) is 19.3. The van der Waals surface area contributed by atoms with Gasteiger partial charge in [-0.25, -0.2) is 14.8 Å². The van der Waals surface area contributed by atoms with Crippen LogP contribution in [0.1, 0.15) is 55.4 Å². The minimum Gasteiger partial charge on any atom is -0.309 e. The molecule has 10 nitrogen and oxygen atoms in total. The summed E-state index contributed by atoms with van der Waals surface area (Å²) in [6.07, 6.45) is 0. The van der Waals surface area contributed by atoms with Crippen molar-refractivity contribution >= 4 is 84.7 Å². The highest BCUT2D eigenvalue weighted by atomic mass is 16.2. The Hall–Kier alpha value is -6.55. The number of benzene rings is 5. The van der Waals surface area contributed by atoms with Crippen LogP contribution in [-0.2, 0) is 19.2 Å². The maximum Gasteiger partial charge on any atom is 0.240 e. The molecule has 5 heterocycles. The number of carbonyl (C=O) groups is 4. The molecule has 57 heavy (non-hydrogen) atoms. The first kappa shape index (κ1) is 34.9. The number of amides is 4. The summed E-state index contributed by atoms with van der Waals surface area (Å²) in [5.74, 6) is -0.573. The van der Waals surface area contributed by atoms with Crippen LogP contribution in [0, 0.1) is 21.7 Å². The minimum absolute atomic E-state index is 0.300. The van der Waals surface area contributed by atoms with Gasteiger partial charge in [0.25, 0.3) is 0 Å². The second-order valence-corrected chi connectivity index (χ2v) is 17.7. The first-order valence-electron chi connectivity index (χ1n) is 19.3. The van der Waals surface area contributed by atoms with Crippen LogP contribution in [-0.4, -0.2) is 42.1 Å². The zero-order valence-corrected chi connectivity index (χ0v) is 33.2. The zero-order valence-electron chi connectivity index (χ0n) is 33.2. The summed E-state index contributed by atoms with van der Waals surface area (Å²) in [5.41, 5.74) is 3.87. The van der Waals surface area contributed by atoms with Crippen molar-refractivity contribution in [1.82, 2.24) is 18.5 Å². The van der Waals surface area contributed by atoms with Crippen molar-refractivity contribution in [2.45, 2.75) is 55.4 Å². The van der Waals surface area contributed by atoms with Gasteiger partial charge >= 0.3 is 0 Å². The number of hydrogen-bond donors (Lipinski definition) is 0. The summed E-state index contributed by atoms with van der Waals surface area (Å²) in [5, 5.41) is 1.95. The van der Waals surface area contributed by atoms with E-state index in [2.05, 4.69) is 56.0 Å². The summed E-state index contributed by atoms with van der Waals surface area (Å²) >= 11 is 0. The van der Waals surface area contributed by atoms with Crippen LogP contribution < -0.4 is 9.80 Å². The number of fused-ring (bicyclic) bond motifs is 8. The van der Waals surface area contributed by atoms with Gasteiger partial charge in [-0.2, -0.15) is 0 Å². The van der Waals surface area contributed by atoms with Gasteiger partial charge in [0.15, 0.2) is 0 Å². The molecule has 0 unspecified atom stereocenters. The first-order chi connectivity index (χ1) is 27.0. The summed E-state index contributed by atoms with van der Waals surface area (Å²) in [7, 11) is 0. The Labute approximate surface area is 328 Å². The molecule has 3 aromatic heterocycles. The van der Waals surface area contributed by atoms with Gasteiger partial charge in [0.2, 0.25) is 29.4 Å². The highest BCUT2D eigenvalue weighted by Gasteiger charge is 2.61. The van der Waals surface area contributed by atoms with E-state index in [-0.39, 0.29) is 23.6 Å². The summed E-state index contributed by atoms with van der Waals surface area (Å²) in [6.45, 7) is 14.3. The average molecular weight is 755 g/mol. The van der Waals surface area contributed by atoms with E-state index < -0.39 is 21.7 Å². The molecular formula is C47H42N6O4. The predicted octanol–water partition coefficient (Wildman–Crippen LogP) is 9.38. The molecule has 8 aromatic rings. The number of rotatable bonds is 4. The number of imide groups is 2. The Bertz CT molecular complexity index is 3010. The Morgan fingerprint density at radius 1 is 0.404 bits per heavy atom. The zero-order chi connectivity index (χ0) is 40.1. The van der Waals surface area contributed by atoms with Gasteiger partial charge in [-0.1, -0.05) is 42.5 Å². The molecule has 0 aliphatic carbocycles. The molecule has 4 amide bonds. The lowest BCUT2D eigenvalue weighted by Gasteiger charge is -2.28. The van der Waals surface area contributed by atoms with E-state index in [1.54, 1.807) is 61.5 Å². The van der Waals surface area contributed by atoms with Crippen LogP contribution in [0.25, 0.3) is 61.0 Å². The fourth-order valence-corrected chi connectivity index (χ4v) is 8.79. The number of anilines is 2. The standard InChI is InChI=1S/C47H42N6O4/c1-44(2)39(54)51(40(55)45(44,3)4)29-23-28(24-30(25-29)52-41(56)46(5,6)47(7,8)42(52)57)49-34-17-11-9-15-31(34)32-26-27(21-22-35(32)49)50-37-19-13-14-20-38(37)53-36-18-12-10-16-33(36)48-43(50)53/h9-26H,1-8H3. The molecular weight excluding hydrogens is 713 g/mol. The van der Waals surface area contributed by atoms with Gasteiger partial charge in [0, 0.05) is 16.5 Å². The van der Waals surface area contributed by atoms with Crippen molar-refractivity contribution < 1.29 is 19.2 Å². The van der Waals surface area contributed by atoms with Crippen LogP contribution >= 0.6 is 0 Å². The number of aromatic nitrogens is 4. The maximum atomic E-state index is 14.2. The molecule has 10 rings (SSSR count). The molecule has 284 valence electrons. The fraction of sp³-hybridized carbons (Fsp3) is 0.255. The normalized spacial score (nSPS) is 18.8. The smallest absolute Gasteiger partial charge is 0.240 e. The molecule has 0 spiro atoms. The molecule has 2 aliphatic heterocycles. The third-order valence-electron chi connectivity index (χ3n) is 13.8. The van der Waals surface area contributed by atoms with E-state index in [1.807, 2.05) is 60.7 Å². The molecule has 0 atom stereocenters.